The molecule has 5 heteroatoms. The molecular formula is C4H2Br2Cl2O. The summed E-state index contributed by atoms with van der Waals surface area (Å²) in [6, 6.07) is 0. The molecule has 52 valence electrons. The molecular weight excluding hydrogens is 295 g/mol. The van der Waals surface area contributed by atoms with E-state index in [1.807, 2.05) is 0 Å². The van der Waals surface area contributed by atoms with Gasteiger partial charge in [0, 0.05) is 0 Å². The van der Waals surface area contributed by atoms with Gasteiger partial charge in [-0.25, -0.2) is 0 Å². The minimum atomic E-state index is -0.992. The van der Waals surface area contributed by atoms with Crippen LogP contribution in [0.1, 0.15) is 0 Å². The first-order chi connectivity index (χ1) is 4.09. The summed E-state index contributed by atoms with van der Waals surface area (Å²) in [5, 5.41) is 0. The predicted molar refractivity (Wildman–Crippen MR) is 46.4 cm³/mol. The molecule has 0 saturated carbocycles. The number of Topliss-reactive ketones (excluding diaryl/α,β-unsaturated/α-hetero) is 1. The topological polar surface area (TPSA) is 17.1 Å². The van der Waals surface area contributed by atoms with Crippen LogP contribution in [0.2, 0.25) is 0 Å². The summed E-state index contributed by atoms with van der Waals surface area (Å²) < 4.78 is 0.331. The Bertz CT molecular complexity index is 144. The van der Waals surface area contributed by atoms with Gasteiger partial charge in [-0.3, -0.25) is 4.79 Å². The maximum Gasteiger partial charge on any atom is 0.203 e. The lowest BCUT2D eigenvalue weighted by Gasteiger charge is -1.94. The van der Waals surface area contributed by atoms with E-state index in [0.717, 1.165) is 0 Å². The van der Waals surface area contributed by atoms with Crippen LogP contribution in [0.4, 0.5) is 0 Å². The third-order valence-corrected chi connectivity index (χ3v) is 2.62. The molecule has 0 unspecified atom stereocenters. The van der Waals surface area contributed by atoms with Crippen LogP contribution in [0, 0.1) is 0 Å². The van der Waals surface area contributed by atoms with Gasteiger partial charge in [-0.1, -0.05) is 39.1 Å². The molecule has 0 amide bonds. The molecule has 0 rings (SSSR count). The summed E-state index contributed by atoms with van der Waals surface area (Å²) in [6.45, 7) is 0. The summed E-state index contributed by atoms with van der Waals surface area (Å²) in [5.74, 6) is -0.352. The molecule has 0 aromatic rings. The summed E-state index contributed by atoms with van der Waals surface area (Å²) in [5.41, 5.74) is 0. The number of carbonyl (C=O) groups is 1. The van der Waals surface area contributed by atoms with Crippen molar-refractivity contribution < 1.29 is 4.79 Å². The molecule has 0 fully saturated rings. The van der Waals surface area contributed by atoms with Crippen molar-refractivity contribution in [3.63, 3.8) is 0 Å². The highest BCUT2D eigenvalue weighted by Crippen LogP contribution is 2.16. The zero-order valence-electron chi connectivity index (χ0n) is 4.07. The van der Waals surface area contributed by atoms with Crippen LogP contribution in [0.3, 0.4) is 0 Å². The first-order valence-corrected chi connectivity index (χ1v) is 4.46. The second kappa shape index (κ2) is 4.72. The van der Waals surface area contributed by atoms with E-state index >= 15 is 0 Å². The SMILES string of the molecule is O=C(C(Br)=CBr)C(Cl)Cl. The molecule has 0 bridgehead atoms. The van der Waals surface area contributed by atoms with Gasteiger partial charge in [0.25, 0.3) is 0 Å². The normalized spacial score (nSPS) is 12.3. The Kier molecular flexibility index (Phi) is 5.22. The molecule has 0 N–H and O–H groups in total. The largest absolute Gasteiger partial charge is 0.290 e. The van der Waals surface area contributed by atoms with Crippen molar-refractivity contribution in [2.45, 2.75) is 4.84 Å². The standard InChI is InChI=1S/C4H2Br2Cl2O/c5-1-2(6)3(9)4(7)8/h1,4H. The van der Waals surface area contributed by atoms with Crippen molar-refractivity contribution in [1.82, 2.24) is 0 Å². The van der Waals surface area contributed by atoms with Crippen LogP contribution >= 0.6 is 55.1 Å². The number of hydrogen-bond acceptors (Lipinski definition) is 1. The maximum absolute atomic E-state index is 10.7. The van der Waals surface area contributed by atoms with E-state index in [1.165, 1.54) is 4.99 Å². The van der Waals surface area contributed by atoms with Crippen LogP contribution in [0.5, 0.6) is 0 Å². The van der Waals surface area contributed by atoms with Gasteiger partial charge in [-0.2, -0.15) is 0 Å². The number of carbonyl (C=O) groups excluding carboxylic acids is 1. The molecule has 0 aliphatic heterocycles. The van der Waals surface area contributed by atoms with Gasteiger partial charge >= 0.3 is 0 Å². The highest BCUT2D eigenvalue weighted by atomic mass is 79.9. The van der Waals surface area contributed by atoms with E-state index in [9.17, 15) is 4.79 Å². The van der Waals surface area contributed by atoms with Crippen molar-refractivity contribution >= 4 is 60.8 Å². The van der Waals surface area contributed by atoms with Crippen molar-refractivity contribution in [2.75, 3.05) is 0 Å². The van der Waals surface area contributed by atoms with Crippen molar-refractivity contribution in [3.8, 4) is 0 Å². The smallest absolute Gasteiger partial charge is 0.203 e. The average Bonchev–Trinajstić information content (AvgIpc) is 1.84. The molecule has 0 aromatic heterocycles. The Balaban J connectivity index is 4.06. The third-order valence-electron chi connectivity index (χ3n) is 0.529. The van der Waals surface area contributed by atoms with E-state index in [-0.39, 0.29) is 5.78 Å². The van der Waals surface area contributed by atoms with Crippen LogP contribution in [0.15, 0.2) is 9.47 Å². The third kappa shape index (κ3) is 3.61. The first kappa shape index (κ1) is 9.95. The van der Waals surface area contributed by atoms with E-state index in [1.54, 1.807) is 0 Å². The van der Waals surface area contributed by atoms with E-state index in [4.69, 9.17) is 23.2 Å². The minimum Gasteiger partial charge on any atom is -0.290 e. The Hall–Kier alpha value is 0.950. The monoisotopic (exact) mass is 294 g/mol. The van der Waals surface area contributed by atoms with Gasteiger partial charge in [0.2, 0.25) is 5.78 Å². The molecule has 0 spiro atoms. The van der Waals surface area contributed by atoms with Crippen molar-refractivity contribution in [1.29, 1.82) is 0 Å². The lowest BCUT2D eigenvalue weighted by atomic mass is 10.4. The lowest BCUT2D eigenvalue weighted by molar-refractivity contribution is -0.113. The lowest BCUT2D eigenvalue weighted by Crippen LogP contribution is -2.06. The van der Waals surface area contributed by atoms with Crippen molar-refractivity contribution in [3.05, 3.63) is 9.47 Å². The summed E-state index contributed by atoms with van der Waals surface area (Å²) in [4.78, 5) is 11.1. The van der Waals surface area contributed by atoms with Crippen LogP contribution in [0.25, 0.3) is 0 Å². The Labute approximate surface area is 79.6 Å². The van der Waals surface area contributed by atoms with Crippen LogP contribution < -0.4 is 0 Å². The highest BCUT2D eigenvalue weighted by Gasteiger charge is 2.13. The Morgan fingerprint density at radius 3 is 2.11 bits per heavy atom. The number of halogens is 4. The fourth-order valence-electron chi connectivity index (χ4n) is 0.158. The number of allylic oxidation sites excluding steroid dienone is 1. The molecule has 0 aliphatic rings. The quantitative estimate of drug-likeness (QED) is 0.565. The van der Waals surface area contributed by atoms with E-state index in [2.05, 4.69) is 31.9 Å². The second-order valence-corrected chi connectivity index (χ2v) is 3.53. The van der Waals surface area contributed by atoms with Gasteiger partial charge in [-0.15, -0.1) is 0 Å². The minimum absolute atomic E-state index is 0.331. The summed E-state index contributed by atoms with van der Waals surface area (Å²) in [7, 11) is 0. The number of alkyl halides is 2. The second-order valence-electron chi connectivity index (χ2n) is 1.12. The Morgan fingerprint density at radius 2 is 2.00 bits per heavy atom. The Morgan fingerprint density at radius 1 is 1.56 bits per heavy atom. The molecule has 0 aromatic carbocycles. The number of ketones is 1. The summed E-state index contributed by atoms with van der Waals surface area (Å²) >= 11 is 16.3. The predicted octanol–water partition coefficient (Wildman–Crippen LogP) is 2.99. The zero-order chi connectivity index (χ0) is 7.44. The van der Waals surface area contributed by atoms with Gasteiger partial charge in [0.1, 0.15) is 0 Å². The van der Waals surface area contributed by atoms with Gasteiger partial charge < -0.3 is 0 Å². The van der Waals surface area contributed by atoms with E-state index in [0.29, 0.717) is 4.48 Å². The molecule has 0 saturated heterocycles. The molecule has 9 heavy (non-hydrogen) atoms. The molecule has 0 heterocycles. The molecule has 1 nitrogen and oxygen atoms in total. The fraction of sp³-hybridized carbons (Fsp3) is 0.250. The van der Waals surface area contributed by atoms with Gasteiger partial charge in [0.05, 0.1) is 4.48 Å². The number of rotatable bonds is 2. The maximum atomic E-state index is 10.7. The van der Waals surface area contributed by atoms with Crippen LogP contribution in [-0.4, -0.2) is 10.6 Å². The average molecular weight is 297 g/mol. The molecule has 0 radical (unpaired) electrons. The zero-order valence-corrected chi connectivity index (χ0v) is 8.76. The molecule has 0 atom stereocenters. The fourth-order valence-corrected chi connectivity index (χ4v) is 1.11. The van der Waals surface area contributed by atoms with E-state index < -0.39 is 4.84 Å². The highest BCUT2D eigenvalue weighted by molar-refractivity contribution is 9.14. The summed E-state index contributed by atoms with van der Waals surface area (Å²) in [6.07, 6.45) is 0. The first-order valence-electron chi connectivity index (χ1n) is 1.88. The van der Waals surface area contributed by atoms with Gasteiger partial charge in [-0.05, 0) is 20.9 Å². The van der Waals surface area contributed by atoms with Crippen molar-refractivity contribution in [2.24, 2.45) is 0 Å². The van der Waals surface area contributed by atoms with Gasteiger partial charge in [0.15, 0.2) is 4.84 Å². The van der Waals surface area contributed by atoms with Crippen LogP contribution in [-0.2, 0) is 4.79 Å². The number of hydrogen-bond donors (Lipinski definition) is 0. The molecule has 0 aliphatic carbocycles.